The van der Waals surface area contributed by atoms with Gasteiger partial charge in [-0.25, -0.2) is 0 Å². The summed E-state index contributed by atoms with van der Waals surface area (Å²) >= 11 is 0. The summed E-state index contributed by atoms with van der Waals surface area (Å²) in [5, 5.41) is 18.5. The van der Waals surface area contributed by atoms with Crippen LogP contribution in [0.1, 0.15) is 26.7 Å². The van der Waals surface area contributed by atoms with Gasteiger partial charge in [0, 0.05) is 12.5 Å². The van der Waals surface area contributed by atoms with E-state index >= 15 is 0 Å². The third kappa shape index (κ3) is 2.25. The summed E-state index contributed by atoms with van der Waals surface area (Å²) in [5.74, 6) is -1.76. The highest BCUT2D eigenvalue weighted by atomic mass is 16.5. The van der Waals surface area contributed by atoms with Crippen LogP contribution in [-0.2, 0) is 0 Å². The lowest BCUT2D eigenvalue weighted by atomic mass is 9.94. The predicted molar refractivity (Wildman–Crippen MR) is 40.3 cm³/mol. The Kier molecular flexibility index (Phi) is 3.86. The topological polar surface area (TPSA) is 66.5 Å². The smallest absolute Gasteiger partial charge is 0.166 e. The lowest BCUT2D eigenvalue weighted by Gasteiger charge is -2.28. The molecule has 0 bridgehead atoms. The zero-order valence-corrected chi connectivity index (χ0v) is 6.67. The second kappa shape index (κ2) is 3.91. The van der Waals surface area contributed by atoms with Gasteiger partial charge < -0.3 is 15.9 Å². The molecule has 62 valence electrons. The second-order valence-corrected chi connectivity index (χ2v) is 2.57. The van der Waals surface area contributed by atoms with Gasteiger partial charge in [0.15, 0.2) is 5.79 Å². The Balaban J connectivity index is 3.97. The minimum absolute atomic E-state index is 0.197. The number of nitrogens with two attached hydrogens (primary N) is 1. The molecule has 0 heterocycles. The highest BCUT2D eigenvalue weighted by Crippen LogP contribution is 2.19. The summed E-state index contributed by atoms with van der Waals surface area (Å²) in [5.41, 5.74) is 5.32. The number of hydrogen-bond acceptors (Lipinski definition) is 3. The van der Waals surface area contributed by atoms with Crippen molar-refractivity contribution in [2.75, 3.05) is 6.54 Å². The lowest BCUT2D eigenvalue weighted by molar-refractivity contribution is -0.199. The Labute approximate surface area is 61.9 Å². The molecule has 0 aromatic rings. The highest BCUT2D eigenvalue weighted by molar-refractivity contribution is 4.73. The van der Waals surface area contributed by atoms with Gasteiger partial charge in [0.2, 0.25) is 0 Å². The number of hydrogen-bond donors (Lipinski definition) is 3. The van der Waals surface area contributed by atoms with Crippen LogP contribution in [0.3, 0.4) is 0 Å². The summed E-state index contributed by atoms with van der Waals surface area (Å²) < 4.78 is 0. The molecule has 0 radical (unpaired) electrons. The summed E-state index contributed by atoms with van der Waals surface area (Å²) in [6.07, 6.45) is 1.04. The zero-order chi connectivity index (χ0) is 8.20. The molecule has 1 unspecified atom stereocenters. The van der Waals surface area contributed by atoms with E-state index in [2.05, 4.69) is 0 Å². The maximum atomic E-state index is 9.26. The van der Waals surface area contributed by atoms with Crippen LogP contribution in [0.15, 0.2) is 0 Å². The van der Waals surface area contributed by atoms with E-state index in [-0.39, 0.29) is 5.92 Å². The van der Waals surface area contributed by atoms with Crippen LogP contribution < -0.4 is 5.73 Å². The molecule has 0 spiro atoms. The van der Waals surface area contributed by atoms with Crippen LogP contribution in [-0.4, -0.2) is 22.5 Å². The average molecular weight is 147 g/mol. The Morgan fingerprint density at radius 3 is 2.00 bits per heavy atom. The lowest BCUT2D eigenvalue weighted by Crippen LogP contribution is -2.40. The molecule has 0 aliphatic heterocycles. The Morgan fingerprint density at radius 2 is 1.90 bits per heavy atom. The van der Waals surface area contributed by atoms with Gasteiger partial charge in [-0.05, 0) is 12.8 Å². The van der Waals surface area contributed by atoms with Crippen molar-refractivity contribution in [3.63, 3.8) is 0 Å². The van der Waals surface area contributed by atoms with E-state index in [9.17, 15) is 10.2 Å². The zero-order valence-electron chi connectivity index (χ0n) is 6.67. The molecular weight excluding hydrogens is 130 g/mol. The van der Waals surface area contributed by atoms with E-state index in [0.717, 1.165) is 0 Å². The monoisotopic (exact) mass is 147 g/mol. The third-order valence-corrected chi connectivity index (χ3v) is 1.95. The number of rotatable bonds is 4. The van der Waals surface area contributed by atoms with Crippen LogP contribution in [0.4, 0.5) is 0 Å². The Morgan fingerprint density at radius 1 is 1.40 bits per heavy atom. The van der Waals surface area contributed by atoms with Crippen LogP contribution in [0.5, 0.6) is 0 Å². The van der Waals surface area contributed by atoms with Crippen molar-refractivity contribution in [3.8, 4) is 0 Å². The van der Waals surface area contributed by atoms with Crippen molar-refractivity contribution < 1.29 is 10.2 Å². The quantitative estimate of drug-likeness (QED) is 0.493. The fourth-order valence-corrected chi connectivity index (χ4v) is 0.971. The van der Waals surface area contributed by atoms with Crippen LogP contribution in [0, 0.1) is 5.92 Å². The first kappa shape index (κ1) is 9.88. The molecule has 0 amide bonds. The van der Waals surface area contributed by atoms with E-state index in [0.29, 0.717) is 19.4 Å². The molecule has 0 saturated heterocycles. The summed E-state index contributed by atoms with van der Waals surface area (Å²) in [6.45, 7) is 3.96. The van der Waals surface area contributed by atoms with Crippen molar-refractivity contribution >= 4 is 0 Å². The maximum absolute atomic E-state index is 9.26. The van der Waals surface area contributed by atoms with Crippen molar-refractivity contribution in [2.45, 2.75) is 32.5 Å². The van der Waals surface area contributed by atoms with Crippen LogP contribution >= 0.6 is 0 Å². The molecule has 3 nitrogen and oxygen atoms in total. The molecule has 10 heavy (non-hydrogen) atoms. The fourth-order valence-electron chi connectivity index (χ4n) is 0.971. The van der Waals surface area contributed by atoms with E-state index in [4.69, 9.17) is 5.73 Å². The molecule has 1 atom stereocenters. The first-order valence-electron chi connectivity index (χ1n) is 3.73. The molecule has 3 heteroatoms. The summed E-state index contributed by atoms with van der Waals surface area (Å²) in [4.78, 5) is 0. The minimum atomic E-state index is -1.57. The number of aliphatic hydroxyl groups is 2. The first-order valence-corrected chi connectivity index (χ1v) is 3.73. The minimum Gasteiger partial charge on any atom is -0.365 e. The summed E-state index contributed by atoms with van der Waals surface area (Å²) in [7, 11) is 0. The van der Waals surface area contributed by atoms with Gasteiger partial charge >= 0.3 is 0 Å². The SMILES string of the molecule is CCC(CN)C(O)(O)CC. The van der Waals surface area contributed by atoms with Crippen LogP contribution in [0.2, 0.25) is 0 Å². The molecule has 0 aromatic heterocycles. The van der Waals surface area contributed by atoms with E-state index in [1.54, 1.807) is 6.92 Å². The normalized spacial score (nSPS) is 15.3. The molecule has 0 saturated carbocycles. The molecule has 0 rings (SSSR count). The van der Waals surface area contributed by atoms with Crippen molar-refractivity contribution in [1.29, 1.82) is 0 Å². The Bertz CT molecular complexity index is 89.6. The van der Waals surface area contributed by atoms with Gasteiger partial charge in [-0.1, -0.05) is 13.8 Å². The predicted octanol–water partition coefficient (Wildman–Crippen LogP) is 0.0622. The van der Waals surface area contributed by atoms with Gasteiger partial charge in [0.1, 0.15) is 0 Å². The van der Waals surface area contributed by atoms with Crippen LogP contribution in [0.25, 0.3) is 0 Å². The maximum Gasteiger partial charge on any atom is 0.166 e. The third-order valence-electron chi connectivity index (χ3n) is 1.95. The van der Waals surface area contributed by atoms with Crippen molar-refractivity contribution in [2.24, 2.45) is 11.7 Å². The van der Waals surface area contributed by atoms with Crippen molar-refractivity contribution in [3.05, 3.63) is 0 Å². The van der Waals surface area contributed by atoms with E-state index in [1.807, 2.05) is 6.92 Å². The van der Waals surface area contributed by atoms with Gasteiger partial charge in [-0.2, -0.15) is 0 Å². The average Bonchev–Trinajstić information content (AvgIpc) is 1.90. The second-order valence-electron chi connectivity index (χ2n) is 2.57. The van der Waals surface area contributed by atoms with Gasteiger partial charge in [-0.15, -0.1) is 0 Å². The molecule has 0 aliphatic carbocycles. The standard InChI is InChI=1S/C7H17NO2/c1-3-6(5-8)7(9,10)4-2/h6,9-10H,3-5,8H2,1-2H3. The molecule has 4 N–H and O–H groups in total. The molecule has 0 aromatic carbocycles. The first-order chi connectivity index (χ1) is 4.58. The van der Waals surface area contributed by atoms with Gasteiger partial charge in [0.05, 0.1) is 0 Å². The van der Waals surface area contributed by atoms with E-state index in [1.165, 1.54) is 0 Å². The molecular formula is C7H17NO2. The van der Waals surface area contributed by atoms with Crippen molar-refractivity contribution in [1.82, 2.24) is 0 Å². The Hall–Kier alpha value is -0.120. The van der Waals surface area contributed by atoms with Gasteiger partial charge in [0.25, 0.3) is 0 Å². The molecule has 0 aliphatic rings. The highest BCUT2D eigenvalue weighted by Gasteiger charge is 2.29. The molecule has 0 fully saturated rings. The van der Waals surface area contributed by atoms with Gasteiger partial charge in [-0.3, -0.25) is 0 Å². The van der Waals surface area contributed by atoms with E-state index < -0.39 is 5.79 Å². The summed E-state index contributed by atoms with van der Waals surface area (Å²) in [6, 6.07) is 0. The largest absolute Gasteiger partial charge is 0.365 e. The fraction of sp³-hybridized carbons (Fsp3) is 1.00.